The van der Waals surface area contributed by atoms with Gasteiger partial charge in [0.2, 0.25) is 11.8 Å². The Bertz CT molecular complexity index is 1180. The van der Waals surface area contributed by atoms with Gasteiger partial charge in [-0.15, -0.1) is 0 Å². The maximum atomic E-state index is 6.54. The molecule has 0 spiro atoms. The lowest BCUT2D eigenvalue weighted by Gasteiger charge is -2.16. The number of ether oxygens (including phenoxy) is 1. The minimum atomic E-state index is 0.392. The summed E-state index contributed by atoms with van der Waals surface area (Å²) >= 11 is 18.8. The zero-order chi connectivity index (χ0) is 21.1. The van der Waals surface area contributed by atoms with Crippen LogP contribution in [-0.4, -0.2) is 15.0 Å². The van der Waals surface area contributed by atoms with Crippen LogP contribution in [0, 0.1) is 0 Å². The molecule has 4 nitrogen and oxygen atoms in total. The average molecular weight is 457 g/mol. The van der Waals surface area contributed by atoms with E-state index in [9.17, 15) is 0 Å². The summed E-state index contributed by atoms with van der Waals surface area (Å²) < 4.78 is 6.10. The number of pyridine rings is 1. The van der Waals surface area contributed by atoms with E-state index in [0.29, 0.717) is 50.3 Å². The molecule has 0 aliphatic carbocycles. The van der Waals surface area contributed by atoms with Crippen molar-refractivity contribution in [2.24, 2.45) is 0 Å². The first kappa shape index (κ1) is 20.6. The summed E-state index contributed by atoms with van der Waals surface area (Å²) in [4.78, 5) is 13.7. The highest BCUT2D eigenvalue weighted by Crippen LogP contribution is 2.41. The monoisotopic (exact) mass is 455 g/mol. The predicted octanol–water partition coefficient (Wildman–Crippen LogP) is 7.52. The van der Waals surface area contributed by atoms with Gasteiger partial charge in [0.1, 0.15) is 5.82 Å². The van der Waals surface area contributed by atoms with Crippen molar-refractivity contribution < 1.29 is 4.74 Å². The summed E-state index contributed by atoms with van der Waals surface area (Å²) in [5.41, 5.74) is 2.92. The van der Waals surface area contributed by atoms with Crippen LogP contribution in [0.15, 0.2) is 66.9 Å². The van der Waals surface area contributed by atoms with Gasteiger partial charge in [-0.1, -0.05) is 59.9 Å². The molecule has 7 heteroatoms. The highest BCUT2D eigenvalue weighted by Gasteiger charge is 2.21. The number of rotatable bonds is 5. The number of nitrogens with zero attached hydrogens (tertiary/aromatic N) is 3. The van der Waals surface area contributed by atoms with Crippen molar-refractivity contribution in [3.8, 4) is 34.1 Å². The molecular weight excluding hydrogens is 441 g/mol. The Hall–Kier alpha value is -2.66. The summed E-state index contributed by atoms with van der Waals surface area (Å²) in [6.07, 6.45) is 2.29. The molecule has 4 aromatic rings. The normalized spacial score (nSPS) is 10.8. The molecule has 0 saturated carbocycles. The number of benzene rings is 2. The van der Waals surface area contributed by atoms with Gasteiger partial charge in [-0.05, 0) is 42.0 Å². The number of hydrogen-bond acceptors (Lipinski definition) is 4. The van der Waals surface area contributed by atoms with Gasteiger partial charge in [-0.3, -0.25) is 0 Å². The van der Waals surface area contributed by atoms with Crippen LogP contribution in [0.3, 0.4) is 0 Å². The van der Waals surface area contributed by atoms with Crippen molar-refractivity contribution in [1.29, 1.82) is 0 Å². The average Bonchev–Trinajstić information content (AvgIpc) is 2.75. The first-order chi connectivity index (χ1) is 14.5. The molecule has 0 saturated heterocycles. The Morgan fingerprint density at radius 3 is 2.30 bits per heavy atom. The molecule has 0 atom stereocenters. The van der Waals surface area contributed by atoms with E-state index in [2.05, 4.69) is 9.97 Å². The van der Waals surface area contributed by atoms with E-state index in [-0.39, 0.29) is 0 Å². The van der Waals surface area contributed by atoms with Crippen LogP contribution in [0.1, 0.15) is 12.7 Å². The fourth-order valence-corrected chi connectivity index (χ4v) is 3.60. The van der Waals surface area contributed by atoms with E-state index >= 15 is 0 Å². The zero-order valence-corrected chi connectivity index (χ0v) is 18.2. The van der Waals surface area contributed by atoms with Gasteiger partial charge in [-0.25, -0.2) is 9.97 Å². The third kappa shape index (κ3) is 4.41. The first-order valence-corrected chi connectivity index (χ1v) is 10.4. The summed E-state index contributed by atoms with van der Waals surface area (Å²) in [6, 6.07) is 18.2. The van der Waals surface area contributed by atoms with Crippen molar-refractivity contribution in [2.45, 2.75) is 13.3 Å². The molecule has 0 radical (unpaired) electrons. The van der Waals surface area contributed by atoms with Crippen molar-refractivity contribution in [2.75, 3.05) is 0 Å². The molecule has 0 aliphatic rings. The molecular formula is C23H16Cl3N3O. The molecule has 0 fully saturated rings. The van der Waals surface area contributed by atoms with E-state index in [0.717, 1.165) is 11.1 Å². The zero-order valence-electron chi connectivity index (χ0n) is 15.9. The molecule has 0 N–H and O–H groups in total. The Morgan fingerprint density at radius 2 is 1.63 bits per heavy atom. The molecule has 0 amide bonds. The second kappa shape index (κ2) is 9.00. The maximum Gasteiger partial charge on any atom is 0.233 e. The van der Waals surface area contributed by atoms with Gasteiger partial charge in [-0.2, -0.15) is 4.98 Å². The van der Waals surface area contributed by atoms with Gasteiger partial charge >= 0.3 is 0 Å². The van der Waals surface area contributed by atoms with Crippen molar-refractivity contribution in [3.63, 3.8) is 0 Å². The molecule has 2 heterocycles. The van der Waals surface area contributed by atoms with Crippen LogP contribution < -0.4 is 4.74 Å². The van der Waals surface area contributed by atoms with Crippen molar-refractivity contribution >= 4 is 34.8 Å². The summed E-state index contributed by atoms with van der Waals surface area (Å²) in [5.74, 6) is 1.45. The quantitative estimate of drug-likeness (QED) is 0.311. The molecule has 2 aromatic carbocycles. The van der Waals surface area contributed by atoms with Crippen LogP contribution >= 0.6 is 34.8 Å². The lowest BCUT2D eigenvalue weighted by Crippen LogP contribution is -2.03. The number of aromatic nitrogens is 3. The fraction of sp³-hybridized carbons (Fsp3) is 0.0870. The molecule has 150 valence electrons. The highest BCUT2D eigenvalue weighted by atomic mass is 35.5. The highest BCUT2D eigenvalue weighted by molar-refractivity contribution is 6.36. The smallest absolute Gasteiger partial charge is 0.233 e. The van der Waals surface area contributed by atoms with Gasteiger partial charge in [0.15, 0.2) is 0 Å². The molecule has 2 aromatic heterocycles. The van der Waals surface area contributed by atoms with E-state index in [1.165, 1.54) is 0 Å². The number of hydrogen-bond donors (Lipinski definition) is 0. The summed E-state index contributed by atoms with van der Waals surface area (Å²) in [6.45, 7) is 1.98. The minimum Gasteiger partial charge on any atom is -0.420 e. The van der Waals surface area contributed by atoms with Gasteiger partial charge in [0.05, 0.1) is 16.3 Å². The Morgan fingerprint density at radius 1 is 0.867 bits per heavy atom. The van der Waals surface area contributed by atoms with E-state index in [4.69, 9.17) is 44.5 Å². The SMILES string of the molecule is CCc1nc(Oc2ccccn2)c(-c2ccc(Cl)cc2)c(-c2ccc(Cl)cc2Cl)n1. The second-order valence-corrected chi connectivity index (χ2v) is 7.70. The second-order valence-electron chi connectivity index (χ2n) is 6.42. The third-order valence-corrected chi connectivity index (χ3v) is 5.20. The lowest BCUT2D eigenvalue weighted by molar-refractivity contribution is 0.443. The van der Waals surface area contributed by atoms with Gasteiger partial charge < -0.3 is 4.74 Å². The van der Waals surface area contributed by atoms with Crippen LogP contribution in [-0.2, 0) is 6.42 Å². The van der Waals surface area contributed by atoms with Gasteiger partial charge in [0, 0.05) is 34.3 Å². The summed E-state index contributed by atoms with van der Waals surface area (Å²) in [7, 11) is 0. The Balaban J connectivity index is 1.99. The molecule has 0 aliphatic heterocycles. The molecule has 0 bridgehead atoms. The van der Waals surface area contributed by atoms with E-state index < -0.39 is 0 Å². The lowest BCUT2D eigenvalue weighted by atomic mass is 9.99. The van der Waals surface area contributed by atoms with Crippen LogP contribution in [0.25, 0.3) is 22.4 Å². The van der Waals surface area contributed by atoms with Crippen molar-refractivity contribution in [3.05, 3.63) is 87.8 Å². The Labute approximate surface area is 189 Å². The van der Waals surface area contributed by atoms with Gasteiger partial charge in [0.25, 0.3) is 0 Å². The first-order valence-electron chi connectivity index (χ1n) is 9.26. The number of halogens is 3. The minimum absolute atomic E-state index is 0.392. The Kier molecular flexibility index (Phi) is 6.18. The van der Waals surface area contributed by atoms with Crippen LogP contribution in [0.2, 0.25) is 15.1 Å². The number of aryl methyl sites for hydroxylation is 1. The topological polar surface area (TPSA) is 47.9 Å². The predicted molar refractivity (Wildman–Crippen MR) is 122 cm³/mol. The standard InChI is InChI=1S/C23H16Cl3N3O/c1-2-19-28-22(17-11-10-16(25)13-18(17)26)21(14-6-8-15(24)9-7-14)23(29-19)30-20-5-3-4-12-27-20/h3-13H,2H2,1H3. The third-order valence-electron chi connectivity index (χ3n) is 4.40. The fourth-order valence-electron chi connectivity index (χ4n) is 2.98. The van der Waals surface area contributed by atoms with E-state index in [1.807, 2.05) is 49.4 Å². The molecule has 0 unspecified atom stereocenters. The molecule has 30 heavy (non-hydrogen) atoms. The van der Waals surface area contributed by atoms with Crippen molar-refractivity contribution in [1.82, 2.24) is 15.0 Å². The summed E-state index contributed by atoms with van der Waals surface area (Å²) in [5, 5.41) is 1.66. The van der Waals surface area contributed by atoms with Crippen LogP contribution in [0.5, 0.6) is 11.8 Å². The maximum absolute atomic E-state index is 6.54. The van der Waals surface area contributed by atoms with E-state index in [1.54, 1.807) is 24.4 Å². The molecule has 4 rings (SSSR count). The largest absolute Gasteiger partial charge is 0.420 e. The van der Waals surface area contributed by atoms with Crippen LogP contribution in [0.4, 0.5) is 0 Å².